The minimum Gasteiger partial charge on any atom is -0.322 e. The lowest BCUT2D eigenvalue weighted by Gasteiger charge is -2.27. The summed E-state index contributed by atoms with van der Waals surface area (Å²) in [7, 11) is 1.81. The molecule has 1 aliphatic carbocycles. The highest BCUT2D eigenvalue weighted by atomic mass is 19.1. The van der Waals surface area contributed by atoms with Gasteiger partial charge in [0.25, 0.3) is 11.8 Å². The molecular weight excluding hydrogens is 321 g/mol. The second kappa shape index (κ2) is 9.32. The zero-order valence-corrected chi connectivity index (χ0v) is 15.0. The molecule has 1 aliphatic rings. The first-order valence-electron chi connectivity index (χ1n) is 8.85. The Hall–Kier alpha value is -2.21. The molecule has 0 aromatic heterocycles. The van der Waals surface area contributed by atoms with Crippen LogP contribution in [-0.2, 0) is 9.59 Å². The minimum atomic E-state index is -0.395. The number of benzene rings is 1. The van der Waals surface area contributed by atoms with Crippen molar-refractivity contribution in [2.75, 3.05) is 32.0 Å². The van der Waals surface area contributed by atoms with Crippen molar-refractivity contribution in [2.45, 2.75) is 32.6 Å². The number of halogens is 1. The zero-order valence-electron chi connectivity index (χ0n) is 15.0. The summed E-state index contributed by atoms with van der Waals surface area (Å²) in [6, 6.07) is 5.77. The average molecular weight is 348 g/mol. The van der Waals surface area contributed by atoms with Gasteiger partial charge in [-0.3, -0.25) is 9.59 Å². The van der Waals surface area contributed by atoms with Gasteiger partial charge in [0.1, 0.15) is 5.82 Å². The number of amides is 2. The molecule has 0 aliphatic heterocycles. The molecule has 0 bridgehead atoms. The summed E-state index contributed by atoms with van der Waals surface area (Å²) < 4.78 is 13.1. The Morgan fingerprint density at radius 1 is 1.28 bits per heavy atom. The molecule has 6 heteroatoms. The molecule has 1 atom stereocenters. The predicted octanol–water partition coefficient (Wildman–Crippen LogP) is 1.59. The first-order valence-corrected chi connectivity index (χ1v) is 8.85. The summed E-state index contributed by atoms with van der Waals surface area (Å²) in [5.41, 5.74) is 1.53. The maximum atomic E-state index is 13.1. The Kier molecular flexibility index (Phi) is 7.13. The number of allylic oxidation sites excluding steroid dienone is 2. The molecule has 1 aromatic carbocycles. The fourth-order valence-corrected chi connectivity index (χ4v) is 3.07. The van der Waals surface area contributed by atoms with E-state index in [0.717, 1.165) is 29.9 Å². The molecule has 1 unspecified atom stereocenters. The lowest BCUT2D eigenvalue weighted by Crippen LogP contribution is -3.11. The fourth-order valence-electron chi connectivity index (χ4n) is 3.07. The number of hydrogen-bond acceptors (Lipinski definition) is 2. The highest BCUT2D eigenvalue weighted by Gasteiger charge is 2.22. The van der Waals surface area contributed by atoms with Crippen molar-refractivity contribution >= 4 is 17.5 Å². The van der Waals surface area contributed by atoms with Crippen LogP contribution in [0, 0.1) is 5.82 Å². The maximum Gasteiger partial charge on any atom is 0.281 e. The first kappa shape index (κ1) is 19.1. The molecule has 0 radical (unpaired) electrons. The third-order valence-corrected chi connectivity index (χ3v) is 4.25. The SMILES string of the molecule is CCN(C(=O)C[NH+](C)CC(=O)Nc1cccc(F)c1)C1=CCCCC1. The molecule has 0 fully saturated rings. The van der Waals surface area contributed by atoms with E-state index in [4.69, 9.17) is 0 Å². The van der Waals surface area contributed by atoms with Crippen LogP contribution in [0.15, 0.2) is 36.0 Å². The largest absolute Gasteiger partial charge is 0.322 e. The van der Waals surface area contributed by atoms with E-state index in [0.29, 0.717) is 12.2 Å². The normalized spacial score (nSPS) is 15.2. The topological polar surface area (TPSA) is 53.9 Å². The number of likely N-dealkylation sites (N-methyl/N-ethyl adjacent to an activating group) is 2. The van der Waals surface area contributed by atoms with Crippen LogP contribution < -0.4 is 10.2 Å². The number of hydrogen-bond donors (Lipinski definition) is 2. The number of quaternary nitrogens is 1. The van der Waals surface area contributed by atoms with E-state index in [-0.39, 0.29) is 24.9 Å². The molecule has 0 spiro atoms. The number of rotatable bonds is 7. The summed E-state index contributed by atoms with van der Waals surface area (Å²) in [6.07, 6.45) is 6.42. The summed E-state index contributed by atoms with van der Waals surface area (Å²) in [6.45, 7) is 3.02. The summed E-state index contributed by atoms with van der Waals surface area (Å²) in [5, 5.41) is 2.66. The van der Waals surface area contributed by atoms with E-state index in [1.165, 1.54) is 18.6 Å². The van der Waals surface area contributed by atoms with Crippen LogP contribution in [0.4, 0.5) is 10.1 Å². The van der Waals surface area contributed by atoms with E-state index in [1.54, 1.807) is 12.1 Å². The third kappa shape index (κ3) is 5.98. The van der Waals surface area contributed by atoms with Gasteiger partial charge in [0.15, 0.2) is 13.1 Å². The standard InChI is InChI=1S/C19H26FN3O2/c1-3-23(17-10-5-4-6-11-17)19(25)14-22(2)13-18(24)21-16-9-7-8-15(20)12-16/h7-10,12H,3-6,11,13-14H2,1-2H3,(H,21,24)/p+1. The van der Waals surface area contributed by atoms with Gasteiger partial charge in [0, 0.05) is 17.9 Å². The monoisotopic (exact) mass is 348 g/mol. The van der Waals surface area contributed by atoms with Crippen LogP contribution >= 0.6 is 0 Å². The van der Waals surface area contributed by atoms with Crippen LogP contribution in [0.5, 0.6) is 0 Å². The van der Waals surface area contributed by atoms with Crippen molar-refractivity contribution in [3.05, 3.63) is 41.9 Å². The van der Waals surface area contributed by atoms with Crippen molar-refractivity contribution in [1.82, 2.24) is 4.90 Å². The summed E-state index contributed by atoms with van der Waals surface area (Å²) >= 11 is 0. The van der Waals surface area contributed by atoms with E-state index >= 15 is 0 Å². The smallest absolute Gasteiger partial charge is 0.281 e. The molecule has 1 aromatic rings. The summed E-state index contributed by atoms with van der Waals surface area (Å²) in [5.74, 6) is -0.601. The van der Waals surface area contributed by atoms with Crippen LogP contribution in [0.1, 0.15) is 32.6 Å². The molecule has 136 valence electrons. The van der Waals surface area contributed by atoms with Gasteiger partial charge in [-0.15, -0.1) is 0 Å². The van der Waals surface area contributed by atoms with Gasteiger partial charge in [0.05, 0.1) is 7.05 Å². The minimum absolute atomic E-state index is 0.0340. The van der Waals surface area contributed by atoms with Gasteiger partial charge in [-0.1, -0.05) is 12.1 Å². The number of nitrogens with zero attached hydrogens (tertiary/aromatic N) is 1. The highest BCUT2D eigenvalue weighted by Crippen LogP contribution is 2.20. The van der Waals surface area contributed by atoms with Crippen LogP contribution in [0.25, 0.3) is 0 Å². The van der Waals surface area contributed by atoms with Crippen molar-refractivity contribution in [2.24, 2.45) is 0 Å². The van der Waals surface area contributed by atoms with Crippen molar-refractivity contribution < 1.29 is 18.9 Å². The Bertz CT molecular complexity index is 645. The van der Waals surface area contributed by atoms with Crippen molar-refractivity contribution in [3.8, 4) is 0 Å². The van der Waals surface area contributed by atoms with Crippen LogP contribution in [0.3, 0.4) is 0 Å². The molecule has 0 saturated carbocycles. The third-order valence-electron chi connectivity index (χ3n) is 4.25. The van der Waals surface area contributed by atoms with Gasteiger partial charge in [-0.05, 0) is 50.8 Å². The highest BCUT2D eigenvalue weighted by molar-refractivity contribution is 5.91. The Morgan fingerprint density at radius 3 is 2.72 bits per heavy atom. The molecular formula is C19H27FN3O2+. The molecule has 2 rings (SSSR count). The maximum absolute atomic E-state index is 13.1. The van der Waals surface area contributed by atoms with Crippen molar-refractivity contribution in [3.63, 3.8) is 0 Å². The number of carbonyl (C=O) groups is 2. The number of nitrogens with one attached hydrogen (secondary N) is 2. The van der Waals surface area contributed by atoms with Crippen LogP contribution in [-0.4, -0.2) is 43.4 Å². The summed E-state index contributed by atoms with van der Waals surface area (Å²) in [4.78, 5) is 27.2. The quantitative estimate of drug-likeness (QED) is 0.786. The predicted molar refractivity (Wildman–Crippen MR) is 95.6 cm³/mol. The average Bonchev–Trinajstić information content (AvgIpc) is 2.56. The zero-order chi connectivity index (χ0) is 18.2. The van der Waals surface area contributed by atoms with Gasteiger partial charge in [-0.25, -0.2) is 4.39 Å². The lowest BCUT2D eigenvalue weighted by molar-refractivity contribution is -0.862. The molecule has 0 saturated heterocycles. The first-order chi connectivity index (χ1) is 12.0. The number of carbonyl (C=O) groups excluding carboxylic acids is 2. The van der Waals surface area contributed by atoms with Gasteiger partial charge >= 0.3 is 0 Å². The second-order valence-electron chi connectivity index (χ2n) is 6.45. The van der Waals surface area contributed by atoms with E-state index < -0.39 is 5.82 Å². The van der Waals surface area contributed by atoms with Gasteiger partial charge in [0.2, 0.25) is 0 Å². The lowest BCUT2D eigenvalue weighted by atomic mass is 10.0. The molecule has 2 N–H and O–H groups in total. The molecule has 0 heterocycles. The second-order valence-corrected chi connectivity index (χ2v) is 6.45. The Labute approximate surface area is 148 Å². The molecule has 2 amide bonds. The molecule has 25 heavy (non-hydrogen) atoms. The van der Waals surface area contributed by atoms with Crippen molar-refractivity contribution in [1.29, 1.82) is 0 Å². The van der Waals surface area contributed by atoms with E-state index in [9.17, 15) is 14.0 Å². The number of anilines is 1. The van der Waals surface area contributed by atoms with E-state index in [2.05, 4.69) is 11.4 Å². The van der Waals surface area contributed by atoms with Crippen LogP contribution in [0.2, 0.25) is 0 Å². The van der Waals surface area contributed by atoms with Gasteiger partial charge < -0.3 is 15.1 Å². The Morgan fingerprint density at radius 2 is 2.08 bits per heavy atom. The Balaban J connectivity index is 1.85. The van der Waals surface area contributed by atoms with E-state index in [1.807, 2.05) is 18.9 Å². The fraction of sp³-hybridized carbons (Fsp3) is 0.474. The van der Waals surface area contributed by atoms with Gasteiger partial charge in [-0.2, -0.15) is 0 Å². The molecule has 5 nitrogen and oxygen atoms in total.